The second-order valence-corrected chi connectivity index (χ2v) is 6.68. The largest absolute Gasteiger partial charge is 0.363 e. The maximum Gasteiger partial charge on any atom is 0.154 e. The van der Waals surface area contributed by atoms with Crippen LogP contribution in [0.25, 0.3) is 21.9 Å². The van der Waals surface area contributed by atoms with Gasteiger partial charge in [0.1, 0.15) is 17.4 Å². The number of rotatable bonds is 4. The lowest BCUT2D eigenvalue weighted by molar-refractivity contribution is -0.903. The van der Waals surface area contributed by atoms with E-state index in [1.807, 2.05) is 18.2 Å². The molecule has 1 saturated heterocycles. The Balaban J connectivity index is 1.56. The molecular formula is C17H21ClN5+. The van der Waals surface area contributed by atoms with Gasteiger partial charge in [-0.25, -0.2) is 9.97 Å². The van der Waals surface area contributed by atoms with Crippen molar-refractivity contribution in [3.8, 4) is 0 Å². The second kappa shape index (κ2) is 6.34. The monoisotopic (exact) mass is 330 g/mol. The lowest BCUT2D eigenvalue weighted by atomic mass is 10.1. The number of H-pyrrole nitrogens is 1. The summed E-state index contributed by atoms with van der Waals surface area (Å²) in [4.78, 5) is 13.9. The van der Waals surface area contributed by atoms with E-state index in [2.05, 4.69) is 20.3 Å². The maximum atomic E-state index is 6.11. The van der Waals surface area contributed by atoms with E-state index in [0.717, 1.165) is 45.9 Å². The molecule has 3 N–H and O–H groups in total. The number of nitrogens with one attached hydrogen (secondary N) is 3. The summed E-state index contributed by atoms with van der Waals surface area (Å²) in [6.45, 7) is 4.66. The fourth-order valence-electron chi connectivity index (χ4n) is 3.46. The Bertz CT molecular complexity index is 822. The van der Waals surface area contributed by atoms with Gasteiger partial charge < -0.3 is 15.2 Å². The molecule has 0 bridgehead atoms. The van der Waals surface area contributed by atoms with Gasteiger partial charge in [-0.15, -0.1) is 0 Å². The van der Waals surface area contributed by atoms with Gasteiger partial charge >= 0.3 is 0 Å². The Morgan fingerprint density at radius 1 is 1.17 bits per heavy atom. The molecule has 1 fully saturated rings. The summed E-state index contributed by atoms with van der Waals surface area (Å²) in [6.07, 6.45) is 5.72. The first-order valence-electron chi connectivity index (χ1n) is 8.30. The number of benzene rings is 1. The molecule has 0 atom stereocenters. The summed E-state index contributed by atoms with van der Waals surface area (Å²) in [5, 5.41) is 5.24. The predicted molar refractivity (Wildman–Crippen MR) is 94.3 cm³/mol. The van der Waals surface area contributed by atoms with E-state index < -0.39 is 0 Å². The molecule has 3 aromatic rings. The highest BCUT2D eigenvalue weighted by atomic mass is 35.5. The summed E-state index contributed by atoms with van der Waals surface area (Å²) in [5.74, 6) is 0.874. The van der Waals surface area contributed by atoms with Gasteiger partial charge in [0.25, 0.3) is 0 Å². The van der Waals surface area contributed by atoms with Crippen LogP contribution in [-0.4, -0.2) is 41.1 Å². The zero-order chi connectivity index (χ0) is 15.6. The van der Waals surface area contributed by atoms with Crippen molar-refractivity contribution in [1.82, 2.24) is 15.0 Å². The smallest absolute Gasteiger partial charge is 0.154 e. The number of aromatic amines is 1. The van der Waals surface area contributed by atoms with Gasteiger partial charge in [-0.05, 0) is 37.5 Å². The van der Waals surface area contributed by atoms with Crippen LogP contribution in [0.5, 0.6) is 0 Å². The molecule has 1 aliphatic heterocycles. The molecule has 0 aliphatic carbocycles. The fourth-order valence-corrected chi connectivity index (χ4v) is 3.63. The van der Waals surface area contributed by atoms with Crippen LogP contribution < -0.4 is 10.2 Å². The van der Waals surface area contributed by atoms with Crippen molar-refractivity contribution in [2.45, 2.75) is 19.3 Å². The third-order valence-electron chi connectivity index (χ3n) is 4.68. The van der Waals surface area contributed by atoms with Gasteiger partial charge in [-0.3, -0.25) is 0 Å². The molecule has 2 aromatic heterocycles. The van der Waals surface area contributed by atoms with Crippen LogP contribution in [0.15, 0.2) is 24.5 Å². The average Bonchev–Trinajstić information content (AvgIpc) is 2.95. The highest BCUT2D eigenvalue weighted by molar-refractivity contribution is 6.31. The second-order valence-electron chi connectivity index (χ2n) is 6.25. The molecule has 23 heavy (non-hydrogen) atoms. The fraction of sp³-hybridized carbons (Fsp3) is 0.412. The molecule has 0 spiro atoms. The molecule has 5 nitrogen and oxygen atoms in total. The standard InChI is InChI=1S/C17H20ClN5/c18-12-4-5-14-13(10-12)15-16(22-14)17(21-11-20-15)19-6-9-23-7-2-1-3-8-23/h4-5,10-11,22H,1-3,6-9H2,(H,19,20,21)/p+1. The predicted octanol–water partition coefficient (Wildman–Crippen LogP) is 2.25. The maximum absolute atomic E-state index is 6.11. The molecular weight excluding hydrogens is 310 g/mol. The molecule has 1 aliphatic rings. The first-order chi connectivity index (χ1) is 11.3. The minimum absolute atomic E-state index is 0.722. The summed E-state index contributed by atoms with van der Waals surface area (Å²) >= 11 is 6.11. The summed E-state index contributed by atoms with van der Waals surface area (Å²) in [7, 11) is 0. The van der Waals surface area contributed by atoms with Crippen molar-refractivity contribution < 1.29 is 4.90 Å². The first-order valence-corrected chi connectivity index (χ1v) is 8.68. The van der Waals surface area contributed by atoms with E-state index in [1.54, 1.807) is 11.2 Å². The zero-order valence-corrected chi connectivity index (χ0v) is 13.8. The summed E-state index contributed by atoms with van der Waals surface area (Å²) in [6, 6.07) is 5.82. The lowest BCUT2D eigenvalue weighted by Crippen LogP contribution is -3.13. The van der Waals surface area contributed by atoms with E-state index >= 15 is 0 Å². The van der Waals surface area contributed by atoms with Crippen LogP contribution in [0.3, 0.4) is 0 Å². The van der Waals surface area contributed by atoms with E-state index in [4.69, 9.17) is 11.6 Å². The average molecular weight is 331 g/mol. The van der Waals surface area contributed by atoms with Crippen molar-refractivity contribution >= 4 is 39.4 Å². The number of fused-ring (bicyclic) bond motifs is 3. The number of halogens is 1. The number of hydrogen-bond acceptors (Lipinski definition) is 3. The highest BCUT2D eigenvalue weighted by Gasteiger charge is 2.14. The van der Waals surface area contributed by atoms with Crippen LogP contribution in [0.4, 0.5) is 5.82 Å². The summed E-state index contributed by atoms with van der Waals surface area (Å²) in [5.41, 5.74) is 2.92. The first kappa shape index (κ1) is 14.7. The molecule has 1 aromatic carbocycles. The van der Waals surface area contributed by atoms with Crippen LogP contribution in [0.1, 0.15) is 19.3 Å². The van der Waals surface area contributed by atoms with Crippen LogP contribution in [0, 0.1) is 0 Å². The third kappa shape index (κ3) is 2.99. The minimum Gasteiger partial charge on any atom is -0.363 e. The number of aromatic nitrogens is 3. The number of hydrogen-bond donors (Lipinski definition) is 3. The molecule has 120 valence electrons. The van der Waals surface area contributed by atoms with Crippen LogP contribution in [-0.2, 0) is 0 Å². The zero-order valence-electron chi connectivity index (χ0n) is 13.0. The normalized spacial score (nSPS) is 16.2. The van der Waals surface area contributed by atoms with Gasteiger partial charge in [0.05, 0.1) is 26.2 Å². The molecule has 0 radical (unpaired) electrons. The van der Waals surface area contributed by atoms with Gasteiger partial charge in [-0.1, -0.05) is 11.6 Å². The molecule has 6 heteroatoms. The van der Waals surface area contributed by atoms with Crippen molar-refractivity contribution in [3.63, 3.8) is 0 Å². The summed E-state index contributed by atoms with van der Waals surface area (Å²) < 4.78 is 0. The Kier molecular flexibility index (Phi) is 4.06. The number of nitrogens with zero attached hydrogens (tertiary/aromatic N) is 2. The SMILES string of the molecule is Clc1ccc2[nH]c3c(NCC[NH+]4CCCCC4)ncnc3c2c1. The number of piperidine rings is 1. The molecule has 0 unspecified atom stereocenters. The van der Waals surface area contributed by atoms with Crippen LogP contribution >= 0.6 is 11.6 Å². The van der Waals surface area contributed by atoms with Gasteiger partial charge in [0.2, 0.25) is 0 Å². The van der Waals surface area contributed by atoms with Crippen molar-refractivity contribution in [2.24, 2.45) is 0 Å². The van der Waals surface area contributed by atoms with Crippen molar-refractivity contribution in [3.05, 3.63) is 29.5 Å². The van der Waals surface area contributed by atoms with Crippen molar-refractivity contribution in [1.29, 1.82) is 0 Å². The quantitative estimate of drug-likeness (QED) is 0.687. The number of quaternary nitrogens is 1. The van der Waals surface area contributed by atoms with E-state index in [-0.39, 0.29) is 0 Å². The van der Waals surface area contributed by atoms with Gasteiger partial charge in [-0.2, -0.15) is 0 Å². The van der Waals surface area contributed by atoms with Crippen LogP contribution in [0.2, 0.25) is 5.02 Å². The topological polar surface area (TPSA) is 58.0 Å². The third-order valence-corrected chi connectivity index (χ3v) is 4.91. The van der Waals surface area contributed by atoms with E-state index in [9.17, 15) is 0 Å². The van der Waals surface area contributed by atoms with E-state index in [1.165, 1.54) is 32.4 Å². The molecule has 0 amide bonds. The number of anilines is 1. The lowest BCUT2D eigenvalue weighted by Gasteiger charge is -2.23. The van der Waals surface area contributed by atoms with Crippen molar-refractivity contribution in [2.75, 3.05) is 31.5 Å². The van der Waals surface area contributed by atoms with Gasteiger partial charge in [0, 0.05) is 15.9 Å². The number of likely N-dealkylation sites (tertiary alicyclic amines) is 1. The minimum atomic E-state index is 0.722. The highest BCUT2D eigenvalue weighted by Crippen LogP contribution is 2.28. The Labute approximate surface area is 140 Å². The Morgan fingerprint density at radius 3 is 2.91 bits per heavy atom. The Hall–Kier alpha value is -1.85. The molecule has 4 rings (SSSR count). The molecule has 0 saturated carbocycles. The Morgan fingerprint density at radius 2 is 2.04 bits per heavy atom. The van der Waals surface area contributed by atoms with E-state index in [0.29, 0.717) is 0 Å². The van der Waals surface area contributed by atoms with Gasteiger partial charge in [0.15, 0.2) is 5.82 Å². The molecule has 3 heterocycles.